The Morgan fingerprint density at radius 3 is 2.82 bits per heavy atom. The molecule has 0 aromatic carbocycles. The van der Waals surface area contributed by atoms with Crippen molar-refractivity contribution in [3.8, 4) is 0 Å². The van der Waals surface area contributed by atoms with E-state index in [1.807, 2.05) is 0 Å². The van der Waals surface area contributed by atoms with Crippen LogP contribution >= 0.6 is 0 Å². The van der Waals surface area contributed by atoms with Gasteiger partial charge in [-0.05, 0) is 12.8 Å². The highest BCUT2D eigenvalue weighted by Crippen LogP contribution is 2.25. The summed E-state index contributed by atoms with van der Waals surface area (Å²) in [6.45, 7) is 1.78. The molecule has 1 aliphatic rings. The molecule has 0 unspecified atom stereocenters. The van der Waals surface area contributed by atoms with E-state index in [0.717, 1.165) is 19.3 Å². The van der Waals surface area contributed by atoms with Gasteiger partial charge in [0.15, 0.2) is 0 Å². The third-order valence-corrected chi connectivity index (χ3v) is 2.12. The molecule has 0 spiro atoms. The highest BCUT2D eigenvalue weighted by Gasteiger charge is 2.25. The van der Waals surface area contributed by atoms with E-state index < -0.39 is 0 Å². The minimum Gasteiger partial charge on any atom is -0.465 e. The molecule has 0 aliphatic heterocycles. The van der Waals surface area contributed by atoms with Gasteiger partial charge in [-0.15, -0.1) is 0 Å². The standard InChI is InChI=1S/C8H14O3/c1-6(9)11-5-7-3-2-4-8(7)10/h7-8,10H,2-5H2,1H3/t7-,8+/m1/s1. The van der Waals surface area contributed by atoms with Crippen molar-refractivity contribution < 1.29 is 14.6 Å². The zero-order chi connectivity index (χ0) is 8.27. The number of ether oxygens (including phenoxy) is 1. The molecule has 0 aromatic heterocycles. The highest BCUT2D eigenvalue weighted by molar-refractivity contribution is 5.65. The van der Waals surface area contributed by atoms with Crippen LogP contribution in [0.2, 0.25) is 0 Å². The molecule has 1 N–H and O–H groups in total. The van der Waals surface area contributed by atoms with Crippen molar-refractivity contribution in [2.75, 3.05) is 6.61 Å². The van der Waals surface area contributed by atoms with Crippen LogP contribution < -0.4 is 0 Å². The van der Waals surface area contributed by atoms with Crippen LogP contribution in [-0.4, -0.2) is 23.8 Å². The monoisotopic (exact) mass is 158 g/mol. The van der Waals surface area contributed by atoms with Crippen molar-refractivity contribution in [3.63, 3.8) is 0 Å². The van der Waals surface area contributed by atoms with E-state index in [4.69, 9.17) is 4.74 Å². The van der Waals surface area contributed by atoms with E-state index in [9.17, 15) is 9.90 Å². The quantitative estimate of drug-likeness (QED) is 0.602. The highest BCUT2D eigenvalue weighted by atomic mass is 16.5. The van der Waals surface area contributed by atoms with Gasteiger partial charge in [-0.2, -0.15) is 0 Å². The van der Waals surface area contributed by atoms with Crippen molar-refractivity contribution >= 4 is 5.97 Å². The molecule has 1 rings (SSSR count). The van der Waals surface area contributed by atoms with Crippen molar-refractivity contribution in [2.24, 2.45) is 5.92 Å². The summed E-state index contributed by atoms with van der Waals surface area (Å²) >= 11 is 0. The number of esters is 1. The molecule has 11 heavy (non-hydrogen) atoms. The lowest BCUT2D eigenvalue weighted by molar-refractivity contribution is -0.143. The van der Waals surface area contributed by atoms with Gasteiger partial charge in [0.05, 0.1) is 12.7 Å². The van der Waals surface area contributed by atoms with Gasteiger partial charge in [0, 0.05) is 12.8 Å². The summed E-state index contributed by atoms with van der Waals surface area (Å²) in [5.41, 5.74) is 0. The van der Waals surface area contributed by atoms with Crippen LogP contribution in [0.1, 0.15) is 26.2 Å². The summed E-state index contributed by atoms with van der Waals surface area (Å²) in [4.78, 5) is 10.4. The maximum Gasteiger partial charge on any atom is 0.302 e. The molecule has 0 saturated heterocycles. The maximum atomic E-state index is 10.4. The first-order valence-electron chi connectivity index (χ1n) is 4.01. The Kier molecular flexibility index (Phi) is 2.88. The zero-order valence-corrected chi connectivity index (χ0v) is 6.75. The fraction of sp³-hybridized carbons (Fsp3) is 0.875. The molecule has 3 heteroatoms. The normalized spacial score (nSPS) is 30.4. The Balaban J connectivity index is 2.20. The molecule has 0 amide bonds. The van der Waals surface area contributed by atoms with Crippen molar-refractivity contribution in [2.45, 2.75) is 32.3 Å². The average molecular weight is 158 g/mol. The number of aliphatic hydroxyl groups excluding tert-OH is 1. The number of hydrogen-bond donors (Lipinski definition) is 1. The van der Waals surface area contributed by atoms with Gasteiger partial charge < -0.3 is 9.84 Å². The van der Waals surface area contributed by atoms with Crippen molar-refractivity contribution in [1.29, 1.82) is 0 Å². The second-order valence-electron chi connectivity index (χ2n) is 3.06. The van der Waals surface area contributed by atoms with Gasteiger partial charge in [-0.3, -0.25) is 4.79 Å². The van der Waals surface area contributed by atoms with Crippen LogP contribution in [0.15, 0.2) is 0 Å². The number of carbonyl (C=O) groups is 1. The lowest BCUT2D eigenvalue weighted by Crippen LogP contribution is -2.20. The minimum absolute atomic E-state index is 0.180. The third-order valence-electron chi connectivity index (χ3n) is 2.12. The summed E-state index contributed by atoms with van der Waals surface area (Å²) in [5.74, 6) is -0.0806. The van der Waals surface area contributed by atoms with E-state index in [-0.39, 0.29) is 18.0 Å². The van der Waals surface area contributed by atoms with Crippen LogP contribution in [0, 0.1) is 5.92 Å². The SMILES string of the molecule is CC(=O)OC[C@H]1CCC[C@@H]1O. The van der Waals surface area contributed by atoms with Crippen molar-refractivity contribution in [1.82, 2.24) is 0 Å². The average Bonchev–Trinajstić information content (AvgIpc) is 2.31. The molecule has 1 fully saturated rings. The Morgan fingerprint density at radius 2 is 2.36 bits per heavy atom. The van der Waals surface area contributed by atoms with E-state index >= 15 is 0 Å². The molecular weight excluding hydrogens is 144 g/mol. The first-order valence-corrected chi connectivity index (χ1v) is 4.01. The van der Waals surface area contributed by atoms with Crippen LogP contribution in [-0.2, 0) is 9.53 Å². The molecule has 3 nitrogen and oxygen atoms in total. The Bertz CT molecular complexity index is 144. The number of aliphatic hydroxyl groups is 1. The molecule has 2 atom stereocenters. The second-order valence-corrected chi connectivity index (χ2v) is 3.06. The summed E-state index contributed by atoms with van der Waals surface area (Å²) in [7, 11) is 0. The van der Waals surface area contributed by atoms with Gasteiger partial charge >= 0.3 is 5.97 Å². The Hall–Kier alpha value is -0.570. The number of carbonyl (C=O) groups excluding carboxylic acids is 1. The molecule has 0 aromatic rings. The van der Waals surface area contributed by atoms with Crippen LogP contribution in [0.25, 0.3) is 0 Å². The molecule has 1 aliphatic carbocycles. The predicted octanol–water partition coefficient (Wildman–Crippen LogP) is 0.710. The third kappa shape index (κ3) is 2.50. The van der Waals surface area contributed by atoms with E-state index in [0.29, 0.717) is 6.61 Å². The lowest BCUT2D eigenvalue weighted by Gasteiger charge is -2.12. The molecule has 0 radical (unpaired) electrons. The second kappa shape index (κ2) is 3.72. The molecule has 64 valence electrons. The first kappa shape index (κ1) is 8.53. The molecular formula is C8H14O3. The van der Waals surface area contributed by atoms with Gasteiger partial charge in [0.25, 0.3) is 0 Å². The van der Waals surface area contributed by atoms with Crippen molar-refractivity contribution in [3.05, 3.63) is 0 Å². The van der Waals surface area contributed by atoms with Gasteiger partial charge in [0.1, 0.15) is 0 Å². The summed E-state index contributed by atoms with van der Waals surface area (Å²) in [6.07, 6.45) is 2.63. The molecule has 0 bridgehead atoms. The fourth-order valence-corrected chi connectivity index (χ4v) is 1.44. The topological polar surface area (TPSA) is 46.5 Å². The zero-order valence-electron chi connectivity index (χ0n) is 6.75. The summed E-state index contributed by atoms with van der Waals surface area (Å²) in [6, 6.07) is 0. The maximum absolute atomic E-state index is 10.4. The number of rotatable bonds is 2. The minimum atomic E-state index is -0.260. The first-order chi connectivity index (χ1) is 5.20. The van der Waals surface area contributed by atoms with Crippen LogP contribution in [0.5, 0.6) is 0 Å². The summed E-state index contributed by atoms with van der Waals surface area (Å²) in [5, 5.41) is 9.31. The lowest BCUT2D eigenvalue weighted by atomic mass is 10.1. The smallest absolute Gasteiger partial charge is 0.302 e. The molecule has 1 saturated carbocycles. The van der Waals surface area contributed by atoms with Gasteiger partial charge in [-0.1, -0.05) is 6.42 Å². The molecule has 0 heterocycles. The Morgan fingerprint density at radius 1 is 1.64 bits per heavy atom. The predicted molar refractivity (Wildman–Crippen MR) is 40.0 cm³/mol. The van der Waals surface area contributed by atoms with Gasteiger partial charge in [-0.25, -0.2) is 0 Å². The van der Waals surface area contributed by atoms with Crippen LogP contribution in [0.3, 0.4) is 0 Å². The van der Waals surface area contributed by atoms with E-state index in [1.165, 1.54) is 6.92 Å². The van der Waals surface area contributed by atoms with E-state index in [2.05, 4.69) is 0 Å². The Labute approximate surface area is 66.4 Å². The van der Waals surface area contributed by atoms with Crippen LogP contribution in [0.4, 0.5) is 0 Å². The number of hydrogen-bond acceptors (Lipinski definition) is 3. The summed E-state index contributed by atoms with van der Waals surface area (Å²) < 4.78 is 4.80. The van der Waals surface area contributed by atoms with Gasteiger partial charge in [0.2, 0.25) is 0 Å². The van der Waals surface area contributed by atoms with E-state index in [1.54, 1.807) is 0 Å². The fourth-order valence-electron chi connectivity index (χ4n) is 1.44. The largest absolute Gasteiger partial charge is 0.465 e.